The Kier molecular flexibility index (Phi) is 4.85. The lowest BCUT2D eigenvalue weighted by atomic mass is 10.1. The second-order valence-electron chi connectivity index (χ2n) is 7.26. The summed E-state index contributed by atoms with van der Waals surface area (Å²) in [6.07, 6.45) is 2.05. The van der Waals surface area contributed by atoms with E-state index in [0.717, 1.165) is 27.4 Å². The number of para-hydroxylation sites is 1. The van der Waals surface area contributed by atoms with Crippen molar-refractivity contribution in [1.29, 1.82) is 0 Å². The molecule has 0 saturated heterocycles. The van der Waals surface area contributed by atoms with Crippen LogP contribution < -0.4 is 5.32 Å². The molecule has 1 aliphatic heterocycles. The number of carbonyl (C=O) groups is 1. The van der Waals surface area contributed by atoms with Gasteiger partial charge in [0.15, 0.2) is 0 Å². The number of aromatic nitrogens is 1. The minimum absolute atomic E-state index is 0.151. The Morgan fingerprint density at radius 1 is 1.03 bits per heavy atom. The third-order valence-corrected chi connectivity index (χ3v) is 6.32. The Bertz CT molecular complexity index is 1170. The molecule has 5 rings (SSSR count). The van der Waals surface area contributed by atoms with E-state index in [2.05, 4.69) is 40.3 Å². The number of carbonyl (C=O) groups excluding carboxylic acids is 1. The molecule has 1 aliphatic rings. The van der Waals surface area contributed by atoms with E-state index in [0.29, 0.717) is 13.1 Å². The van der Waals surface area contributed by atoms with Crippen molar-refractivity contribution in [1.82, 2.24) is 14.8 Å². The zero-order valence-electron chi connectivity index (χ0n) is 16.2. The topological polar surface area (TPSA) is 37.3 Å². The average Bonchev–Trinajstić information content (AvgIpc) is 3.44. The van der Waals surface area contributed by atoms with Gasteiger partial charge in [0.2, 0.25) is 0 Å². The van der Waals surface area contributed by atoms with Crippen LogP contribution in [0.2, 0.25) is 0 Å². The fourth-order valence-corrected chi connectivity index (χ4v) is 4.82. The summed E-state index contributed by atoms with van der Waals surface area (Å²) >= 11 is 1.64. The van der Waals surface area contributed by atoms with E-state index in [-0.39, 0.29) is 17.9 Å². The van der Waals surface area contributed by atoms with E-state index >= 15 is 0 Å². The van der Waals surface area contributed by atoms with Crippen molar-refractivity contribution in [3.05, 3.63) is 112 Å². The molecule has 150 valence electrons. The van der Waals surface area contributed by atoms with E-state index in [1.54, 1.807) is 23.5 Å². The summed E-state index contributed by atoms with van der Waals surface area (Å²) in [5.41, 5.74) is 4.09. The van der Waals surface area contributed by atoms with Gasteiger partial charge in [0.25, 0.3) is 0 Å². The van der Waals surface area contributed by atoms with Gasteiger partial charge in [0, 0.05) is 17.6 Å². The van der Waals surface area contributed by atoms with Crippen LogP contribution in [-0.2, 0) is 13.1 Å². The fraction of sp³-hybridized carbons (Fsp3) is 0.125. The van der Waals surface area contributed by atoms with Gasteiger partial charge in [-0.1, -0.05) is 36.4 Å². The lowest BCUT2D eigenvalue weighted by Crippen LogP contribution is -2.41. The van der Waals surface area contributed by atoms with Crippen LogP contribution in [0.5, 0.6) is 0 Å². The predicted octanol–water partition coefficient (Wildman–Crippen LogP) is 5.49. The standard InChI is InChI=1S/C24H20FN3OS/c25-19-11-9-17(10-12-19)15-26-24(29)28-16-18-5-1-2-6-20(18)27-13-3-7-21(27)23(28)22-8-4-14-30-22/h1-14,23H,15-16H2,(H,26,29)/t23-/m1/s1. The first-order chi connectivity index (χ1) is 14.7. The minimum atomic E-state index is -0.285. The van der Waals surface area contributed by atoms with Crippen molar-refractivity contribution in [2.75, 3.05) is 0 Å². The zero-order valence-corrected chi connectivity index (χ0v) is 17.0. The van der Waals surface area contributed by atoms with Gasteiger partial charge in [-0.05, 0) is 52.9 Å². The summed E-state index contributed by atoms with van der Waals surface area (Å²) in [5.74, 6) is -0.285. The van der Waals surface area contributed by atoms with Crippen molar-refractivity contribution < 1.29 is 9.18 Å². The number of halogens is 1. The number of thiophene rings is 1. The highest BCUT2D eigenvalue weighted by molar-refractivity contribution is 7.10. The molecule has 4 nitrogen and oxygen atoms in total. The molecule has 0 spiro atoms. The predicted molar refractivity (Wildman–Crippen MR) is 116 cm³/mol. The first-order valence-corrected chi connectivity index (χ1v) is 10.7. The zero-order chi connectivity index (χ0) is 20.5. The molecule has 6 heteroatoms. The lowest BCUT2D eigenvalue weighted by molar-refractivity contribution is 0.181. The highest BCUT2D eigenvalue weighted by atomic mass is 32.1. The number of urea groups is 1. The Morgan fingerprint density at radius 3 is 2.67 bits per heavy atom. The molecule has 3 heterocycles. The van der Waals surface area contributed by atoms with Gasteiger partial charge in [-0.3, -0.25) is 0 Å². The van der Waals surface area contributed by atoms with Crippen molar-refractivity contribution in [3.8, 4) is 5.69 Å². The SMILES string of the molecule is O=C(NCc1ccc(F)cc1)N1Cc2ccccc2-n2cccc2[C@@H]1c1cccs1. The maximum absolute atomic E-state index is 13.4. The van der Waals surface area contributed by atoms with Gasteiger partial charge in [-0.2, -0.15) is 0 Å². The maximum atomic E-state index is 13.4. The van der Waals surface area contributed by atoms with Gasteiger partial charge >= 0.3 is 6.03 Å². The van der Waals surface area contributed by atoms with E-state index < -0.39 is 0 Å². The van der Waals surface area contributed by atoms with E-state index in [1.165, 1.54) is 12.1 Å². The number of hydrogen-bond donors (Lipinski definition) is 1. The number of hydrogen-bond acceptors (Lipinski definition) is 2. The Hall–Kier alpha value is -3.38. The maximum Gasteiger partial charge on any atom is 0.318 e. The number of fused-ring (bicyclic) bond motifs is 3. The van der Waals surface area contributed by atoms with Crippen molar-refractivity contribution in [3.63, 3.8) is 0 Å². The Labute approximate surface area is 178 Å². The molecule has 2 aromatic carbocycles. The summed E-state index contributed by atoms with van der Waals surface area (Å²) in [7, 11) is 0. The summed E-state index contributed by atoms with van der Waals surface area (Å²) in [5, 5.41) is 5.06. The van der Waals surface area contributed by atoms with Crippen LogP contribution in [0.3, 0.4) is 0 Å². The molecule has 2 amide bonds. The largest absolute Gasteiger partial charge is 0.334 e. The van der Waals surface area contributed by atoms with E-state index in [4.69, 9.17) is 0 Å². The first kappa shape index (κ1) is 18.6. The summed E-state index contributed by atoms with van der Waals surface area (Å²) in [6.45, 7) is 0.838. The Morgan fingerprint density at radius 2 is 1.87 bits per heavy atom. The number of nitrogens with one attached hydrogen (secondary N) is 1. The Balaban J connectivity index is 1.52. The second-order valence-corrected chi connectivity index (χ2v) is 8.24. The third kappa shape index (κ3) is 3.39. The van der Waals surface area contributed by atoms with Crippen molar-refractivity contribution in [2.45, 2.75) is 19.1 Å². The van der Waals surface area contributed by atoms with Crippen LogP contribution in [0, 0.1) is 5.82 Å². The quantitative estimate of drug-likeness (QED) is 0.470. The van der Waals surface area contributed by atoms with Crippen LogP contribution in [0.25, 0.3) is 5.69 Å². The molecular weight excluding hydrogens is 397 g/mol. The first-order valence-electron chi connectivity index (χ1n) is 9.78. The molecule has 1 atom stereocenters. The van der Waals surface area contributed by atoms with Gasteiger partial charge in [0.05, 0.1) is 17.9 Å². The van der Waals surface area contributed by atoms with Crippen molar-refractivity contribution >= 4 is 17.4 Å². The molecule has 0 aliphatic carbocycles. The molecule has 30 heavy (non-hydrogen) atoms. The van der Waals surface area contributed by atoms with Crippen LogP contribution in [-0.4, -0.2) is 15.5 Å². The number of amides is 2. The highest BCUT2D eigenvalue weighted by Crippen LogP contribution is 2.38. The molecular formula is C24H20FN3OS. The number of benzene rings is 2. The van der Waals surface area contributed by atoms with Gasteiger partial charge in [0.1, 0.15) is 11.9 Å². The lowest BCUT2D eigenvalue weighted by Gasteiger charge is -2.30. The highest BCUT2D eigenvalue weighted by Gasteiger charge is 2.33. The molecule has 0 radical (unpaired) electrons. The minimum Gasteiger partial charge on any atom is -0.334 e. The summed E-state index contributed by atoms with van der Waals surface area (Å²) in [4.78, 5) is 16.4. The van der Waals surface area contributed by atoms with E-state index in [9.17, 15) is 9.18 Å². The molecule has 0 fully saturated rings. The van der Waals surface area contributed by atoms with Crippen LogP contribution in [0.1, 0.15) is 27.7 Å². The van der Waals surface area contributed by atoms with Crippen LogP contribution in [0.15, 0.2) is 84.4 Å². The molecule has 0 saturated carbocycles. The molecule has 1 N–H and O–H groups in total. The van der Waals surface area contributed by atoms with Gasteiger partial charge < -0.3 is 14.8 Å². The third-order valence-electron chi connectivity index (χ3n) is 5.39. The molecule has 0 bridgehead atoms. The summed E-state index contributed by atoms with van der Waals surface area (Å²) in [6, 6.07) is 22.2. The fourth-order valence-electron chi connectivity index (χ4n) is 3.97. The smallest absolute Gasteiger partial charge is 0.318 e. The van der Waals surface area contributed by atoms with Gasteiger partial charge in [-0.15, -0.1) is 11.3 Å². The summed E-state index contributed by atoms with van der Waals surface area (Å²) < 4.78 is 15.4. The second kappa shape index (κ2) is 7.80. The normalized spacial score (nSPS) is 15.2. The van der Waals surface area contributed by atoms with Gasteiger partial charge in [-0.25, -0.2) is 9.18 Å². The molecule has 0 unspecified atom stereocenters. The van der Waals surface area contributed by atoms with E-state index in [1.807, 2.05) is 34.5 Å². The van der Waals surface area contributed by atoms with Crippen LogP contribution >= 0.6 is 11.3 Å². The molecule has 4 aromatic rings. The molecule has 2 aromatic heterocycles. The van der Waals surface area contributed by atoms with Crippen molar-refractivity contribution in [2.24, 2.45) is 0 Å². The monoisotopic (exact) mass is 417 g/mol. The number of nitrogens with zero attached hydrogens (tertiary/aromatic N) is 2. The number of rotatable bonds is 3. The average molecular weight is 418 g/mol. The van der Waals surface area contributed by atoms with Crippen LogP contribution in [0.4, 0.5) is 9.18 Å².